The molecule has 0 bridgehead atoms. The predicted octanol–water partition coefficient (Wildman–Crippen LogP) is 4.05. The van der Waals surface area contributed by atoms with E-state index in [2.05, 4.69) is 29.4 Å². The van der Waals surface area contributed by atoms with Crippen molar-refractivity contribution in [1.29, 1.82) is 0 Å². The number of hydrogen-bond donors (Lipinski definition) is 2. The minimum Gasteiger partial charge on any atom is -0.493 e. The van der Waals surface area contributed by atoms with Crippen molar-refractivity contribution in [2.45, 2.75) is 27.3 Å². The van der Waals surface area contributed by atoms with Crippen LogP contribution in [0.5, 0.6) is 11.5 Å². The zero-order valence-corrected chi connectivity index (χ0v) is 17.2. The summed E-state index contributed by atoms with van der Waals surface area (Å²) in [5, 5.41) is 5.70. The number of nitrogens with zero attached hydrogens (tertiary/aromatic N) is 1. The molecule has 6 nitrogen and oxygen atoms in total. The van der Waals surface area contributed by atoms with E-state index >= 15 is 0 Å². The Balaban J connectivity index is 1.91. The fourth-order valence-corrected chi connectivity index (χ4v) is 2.76. The second-order valence-corrected chi connectivity index (χ2v) is 6.53. The lowest BCUT2D eigenvalue weighted by Gasteiger charge is -2.19. The number of anilines is 1. The fraction of sp³-hybridized carbons (Fsp3) is 0.409. The number of hydrogen-bond acceptors (Lipinski definition) is 4. The number of carbonyl (C=O) groups excluding carboxylic acids is 1. The average Bonchev–Trinajstić information content (AvgIpc) is 2.71. The Hall–Kier alpha value is -2.73. The second kappa shape index (κ2) is 11.2. The van der Waals surface area contributed by atoms with Crippen LogP contribution in [-0.2, 0) is 6.54 Å². The highest BCUT2D eigenvalue weighted by Crippen LogP contribution is 2.30. The van der Waals surface area contributed by atoms with Crippen molar-refractivity contribution >= 4 is 11.7 Å². The molecule has 0 fully saturated rings. The second-order valence-electron chi connectivity index (χ2n) is 6.53. The molecule has 0 aliphatic carbocycles. The summed E-state index contributed by atoms with van der Waals surface area (Å²) in [4.78, 5) is 14.5. The van der Waals surface area contributed by atoms with Crippen LogP contribution in [-0.4, -0.2) is 44.3 Å². The summed E-state index contributed by atoms with van der Waals surface area (Å²) in [6.07, 6.45) is 0. The molecule has 2 N–H and O–H groups in total. The van der Waals surface area contributed by atoms with E-state index < -0.39 is 0 Å². The normalized spacial score (nSPS) is 10.6. The highest BCUT2D eigenvalue weighted by Gasteiger charge is 2.09. The zero-order chi connectivity index (χ0) is 20.4. The van der Waals surface area contributed by atoms with E-state index in [9.17, 15) is 4.79 Å². The van der Waals surface area contributed by atoms with Crippen LogP contribution in [0.25, 0.3) is 0 Å². The van der Waals surface area contributed by atoms with Crippen LogP contribution in [0.2, 0.25) is 0 Å². The van der Waals surface area contributed by atoms with Gasteiger partial charge in [-0.1, -0.05) is 43.7 Å². The van der Waals surface area contributed by atoms with Gasteiger partial charge in [0.2, 0.25) is 0 Å². The van der Waals surface area contributed by atoms with Gasteiger partial charge in [-0.2, -0.15) is 0 Å². The van der Waals surface area contributed by atoms with Gasteiger partial charge in [0.05, 0.1) is 7.11 Å². The maximum atomic E-state index is 12.2. The summed E-state index contributed by atoms with van der Waals surface area (Å²) in [7, 11) is 1.61. The van der Waals surface area contributed by atoms with E-state index in [-0.39, 0.29) is 6.03 Å². The van der Waals surface area contributed by atoms with Crippen LogP contribution in [0.4, 0.5) is 10.5 Å². The number of nitrogens with one attached hydrogen (secondary N) is 2. The lowest BCUT2D eigenvalue weighted by Crippen LogP contribution is -2.28. The highest BCUT2D eigenvalue weighted by atomic mass is 16.5. The fourth-order valence-electron chi connectivity index (χ4n) is 2.76. The lowest BCUT2D eigenvalue weighted by atomic mass is 10.1. The van der Waals surface area contributed by atoms with E-state index in [0.29, 0.717) is 30.3 Å². The minimum atomic E-state index is -0.264. The molecule has 0 unspecified atom stereocenters. The molecule has 28 heavy (non-hydrogen) atoms. The summed E-state index contributed by atoms with van der Waals surface area (Å²) in [5.41, 5.74) is 2.90. The summed E-state index contributed by atoms with van der Waals surface area (Å²) >= 11 is 0. The predicted molar refractivity (Wildman–Crippen MR) is 113 cm³/mol. The molecule has 0 aliphatic rings. The van der Waals surface area contributed by atoms with Crippen molar-refractivity contribution in [2.75, 3.05) is 38.7 Å². The smallest absolute Gasteiger partial charge is 0.319 e. The molecule has 0 heterocycles. The van der Waals surface area contributed by atoms with Crippen LogP contribution >= 0.6 is 0 Å². The molecule has 2 amide bonds. The van der Waals surface area contributed by atoms with Crippen LogP contribution in [0.1, 0.15) is 25.0 Å². The molecule has 6 heteroatoms. The molecule has 2 rings (SSSR count). The third-order valence-electron chi connectivity index (χ3n) is 4.55. The first kappa shape index (κ1) is 21.6. The Morgan fingerprint density at radius 2 is 1.75 bits per heavy atom. The molecule has 2 aromatic rings. The Kier molecular flexibility index (Phi) is 8.62. The van der Waals surface area contributed by atoms with Crippen molar-refractivity contribution in [3.05, 3.63) is 53.6 Å². The number of methoxy groups -OCH3 is 1. The van der Waals surface area contributed by atoms with Crippen molar-refractivity contribution in [3.63, 3.8) is 0 Å². The van der Waals surface area contributed by atoms with Gasteiger partial charge in [-0.25, -0.2) is 4.79 Å². The van der Waals surface area contributed by atoms with Crippen molar-refractivity contribution in [3.8, 4) is 11.5 Å². The van der Waals surface area contributed by atoms with Gasteiger partial charge >= 0.3 is 6.03 Å². The first-order valence-electron chi connectivity index (χ1n) is 9.69. The van der Waals surface area contributed by atoms with Gasteiger partial charge in [-0.15, -0.1) is 0 Å². The summed E-state index contributed by atoms with van der Waals surface area (Å²) in [6.45, 7) is 10.1. The van der Waals surface area contributed by atoms with Gasteiger partial charge in [-0.05, 0) is 37.7 Å². The van der Waals surface area contributed by atoms with Crippen LogP contribution in [0.15, 0.2) is 42.5 Å². The van der Waals surface area contributed by atoms with Gasteiger partial charge in [0.25, 0.3) is 0 Å². The van der Waals surface area contributed by atoms with Crippen molar-refractivity contribution in [1.82, 2.24) is 10.2 Å². The Labute approximate surface area is 167 Å². The average molecular weight is 386 g/mol. The molecule has 0 atom stereocenters. The van der Waals surface area contributed by atoms with Gasteiger partial charge in [-0.3, -0.25) is 0 Å². The standard InChI is InChI=1S/C22H31N3O3/c1-5-25(6-2)13-14-28-21-15-19(11-12-20(21)27-4)24-22(26)23-16-18-9-7-17(3)8-10-18/h7-12,15H,5-6,13-14,16H2,1-4H3,(H2,23,24,26). The number of ether oxygens (including phenoxy) is 2. The molecule has 0 aliphatic heterocycles. The molecule has 2 aromatic carbocycles. The number of likely N-dealkylation sites (N-methyl/N-ethyl adjacent to an activating group) is 1. The topological polar surface area (TPSA) is 62.8 Å². The maximum absolute atomic E-state index is 12.2. The molecular weight excluding hydrogens is 354 g/mol. The maximum Gasteiger partial charge on any atom is 0.319 e. The van der Waals surface area contributed by atoms with Gasteiger partial charge in [0.1, 0.15) is 6.61 Å². The SMILES string of the molecule is CCN(CC)CCOc1cc(NC(=O)NCc2ccc(C)cc2)ccc1OC. The first-order chi connectivity index (χ1) is 13.5. The van der Waals surface area contributed by atoms with Gasteiger partial charge in [0.15, 0.2) is 11.5 Å². The van der Waals surface area contributed by atoms with E-state index in [0.717, 1.165) is 25.2 Å². The molecule has 0 saturated heterocycles. The van der Waals surface area contributed by atoms with Crippen molar-refractivity contribution in [2.24, 2.45) is 0 Å². The molecule has 0 aromatic heterocycles. The largest absolute Gasteiger partial charge is 0.493 e. The Morgan fingerprint density at radius 3 is 2.39 bits per heavy atom. The number of aryl methyl sites for hydroxylation is 1. The minimum absolute atomic E-state index is 0.264. The number of rotatable bonds is 10. The van der Waals surface area contributed by atoms with Crippen LogP contribution < -0.4 is 20.1 Å². The first-order valence-corrected chi connectivity index (χ1v) is 9.69. The highest BCUT2D eigenvalue weighted by molar-refractivity contribution is 5.89. The molecular formula is C22H31N3O3. The number of amides is 2. The summed E-state index contributed by atoms with van der Waals surface area (Å²) < 4.78 is 11.3. The Bertz CT molecular complexity index is 743. The van der Waals surface area contributed by atoms with Crippen LogP contribution in [0.3, 0.4) is 0 Å². The monoisotopic (exact) mass is 385 g/mol. The number of benzene rings is 2. The van der Waals surface area contributed by atoms with Gasteiger partial charge in [0, 0.05) is 24.8 Å². The molecule has 0 spiro atoms. The summed E-state index contributed by atoms with van der Waals surface area (Å²) in [5.74, 6) is 1.26. The molecule has 152 valence electrons. The van der Waals surface area contributed by atoms with E-state index in [1.165, 1.54) is 5.56 Å². The van der Waals surface area contributed by atoms with Crippen molar-refractivity contribution < 1.29 is 14.3 Å². The van der Waals surface area contributed by atoms with Crippen LogP contribution in [0, 0.1) is 6.92 Å². The zero-order valence-electron chi connectivity index (χ0n) is 17.2. The molecule has 0 saturated carbocycles. The lowest BCUT2D eigenvalue weighted by molar-refractivity contribution is 0.217. The van der Waals surface area contributed by atoms with E-state index in [4.69, 9.17) is 9.47 Å². The third kappa shape index (κ3) is 6.78. The van der Waals surface area contributed by atoms with E-state index in [1.54, 1.807) is 25.3 Å². The Morgan fingerprint density at radius 1 is 1.04 bits per heavy atom. The number of carbonyl (C=O) groups is 1. The van der Waals surface area contributed by atoms with Gasteiger partial charge < -0.3 is 25.0 Å². The number of urea groups is 1. The van der Waals surface area contributed by atoms with E-state index in [1.807, 2.05) is 31.2 Å². The quantitative estimate of drug-likeness (QED) is 0.648. The third-order valence-corrected chi connectivity index (χ3v) is 4.55. The molecule has 0 radical (unpaired) electrons. The summed E-state index contributed by atoms with van der Waals surface area (Å²) in [6, 6.07) is 13.2.